The third-order valence-corrected chi connectivity index (χ3v) is 6.72. The van der Waals surface area contributed by atoms with Crippen LogP contribution in [-0.2, 0) is 22.6 Å². The quantitative estimate of drug-likeness (QED) is 0.580. The van der Waals surface area contributed by atoms with Crippen LogP contribution in [-0.4, -0.2) is 67.3 Å². The maximum atomic E-state index is 12.7. The van der Waals surface area contributed by atoms with E-state index in [0.29, 0.717) is 16.4 Å². The van der Waals surface area contributed by atoms with Crippen molar-refractivity contribution in [1.29, 1.82) is 0 Å². The van der Waals surface area contributed by atoms with E-state index in [9.17, 15) is 14.4 Å². The lowest BCUT2D eigenvalue weighted by atomic mass is 10.00. The molecule has 2 heterocycles. The van der Waals surface area contributed by atoms with Crippen LogP contribution in [0.25, 0.3) is 6.08 Å². The highest BCUT2D eigenvalue weighted by Gasteiger charge is 2.34. The highest BCUT2D eigenvalue weighted by atomic mass is 32.2. The van der Waals surface area contributed by atoms with Crippen LogP contribution in [0.4, 0.5) is 4.79 Å². The van der Waals surface area contributed by atoms with Crippen molar-refractivity contribution >= 4 is 34.9 Å². The lowest BCUT2D eigenvalue weighted by molar-refractivity contribution is -0.124. The van der Waals surface area contributed by atoms with Crippen LogP contribution in [0.2, 0.25) is 0 Å². The Kier molecular flexibility index (Phi) is 7.54. The molecule has 4 rings (SSSR count). The molecule has 0 saturated carbocycles. The Morgan fingerprint density at radius 3 is 2.62 bits per heavy atom. The summed E-state index contributed by atoms with van der Waals surface area (Å²) in [6.45, 7) is 2.20. The van der Waals surface area contributed by atoms with Gasteiger partial charge in [0.25, 0.3) is 11.1 Å². The van der Waals surface area contributed by atoms with Crippen molar-refractivity contribution in [1.82, 2.24) is 15.1 Å². The number of hydrogen-bond donors (Lipinski definition) is 1. The number of benzene rings is 2. The lowest BCUT2D eigenvalue weighted by Crippen LogP contribution is -2.42. The Bertz CT molecular complexity index is 1130. The average molecular weight is 482 g/mol. The van der Waals surface area contributed by atoms with Crippen LogP contribution in [0.1, 0.15) is 16.7 Å². The fourth-order valence-electron chi connectivity index (χ4n) is 4.04. The number of ether oxygens (including phenoxy) is 2. The minimum Gasteiger partial charge on any atom is -0.493 e. The molecule has 0 unspecified atom stereocenters. The lowest BCUT2D eigenvalue weighted by Gasteiger charge is -2.28. The number of methoxy groups -OCH3 is 2. The number of hydrogen-bond acceptors (Lipinski definition) is 7. The van der Waals surface area contributed by atoms with E-state index in [1.165, 1.54) is 18.2 Å². The standard InChI is InChI=1S/C25H27N3O5S/c1-32-20-8-7-17(13-21(20)33-2)14-22-24(30)28(25(31)34-22)12-10-26-23(29)16-27-11-9-18-5-3-4-6-19(18)15-27/h3-8,13-14H,9-12,15-16H2,1-2H3,(H,26,29). The minimum atomic E-state index is -0.369. The molecule has 3 amide bonds. The van der Waals surface area contributed by atoms with Crippen LogP contribution in [0.3, 0.4) is 0 Å². The van der Waals surface area contributed by atoms with E-state index in [4.69, 9.17) is 9.47 Å². The number of thioether (sulfide) groups is 1. The fourth-order valence-corrected chi connectivity index (χ4v) is 4.91. The van der Waals surface area contributed by atoms with Gasteiger partial charge in [-0.05, 0) is 53.1 Å². The number of amides is 3. The summed E-state index contributed by atoms with van der Waals surface area (Å²) >= 11 is 0.886. The third kappa shape index (κ3) is 5.43. The first-order valence-electron chi connectivity index (χ1n) is 11.0. The van der Waals surface area contributed by atoms with E-state index in [1.54, 1.807) is 31.4 Å². The molecule has 0 aromatic heterocycles. The minimum absolute atomic E-state index is 0.118. The van der Waals surface area contributed by atoms with Crippen LogP contribution >= 0.6 is 11.8 Å². The summed E-state index contributed by atoms with van der Waals surface area (Å²) in [5.41, 5.74) is 3.31. The Morgan fingerprint density at radius 2 is 1.85 bits per heavy atom. The number of carbonyl (C=O) groups is 3. The van der Waals surface area contributed by atoms with Gasteiger partial charge < -0.3 is 14.8 Å². The highest BCUT2D eigenvalue weighted by Crippen LogP contribution is 2.34. The second-order valence-corrected chi connectivity index (χ2v) is 9.02. The highest BCUT2D eigenvalue weighted by molar-refractivity contribution is 8.18. The molecule has 0 bridgehead atoms. The maximum Gasteiger partial charge on any atom is 0.293 e. The summed E-state index contributed by atoms with van der Waals surface area (Å²) < 4.78 is 10.5. The van der Waals surface area contributed by atoms with Gasteiger partial charge in [0.15, 0.2) is 11.5 Å². The van der Waals surface area contributed by atoms with Crippen molar-refractivity contribution in [2.45, 2.75) is 13.0 Å². The zero-order valence-corrected chi connectivity index (χ0v) is 20.0. The molecule has 0 radical (unpaired) electrons. The largest absolute Gasteiger partial charge is 0.493 e. The van der Waals surface area contributed by atoms with Crippen LogP contribution < -0.4 is 14.8 Å². The van der Waals surface area contributed by atoms with Crippen molar-refractivity contribution in [2.24, 2.45) is 0 Å². The first kappa shape index (κ1) is 23.8. The predicted molar refractivity (Wildman–Crippen MR) is 131 cm³/mol. The first-order chi connectivity index (χ1) is 16.5. The Morgan fingerprint density at radius 1 is 1.09 bits per heavy atom. The van der Waals surface area contributed by atoms with Crippen LogP contribution in [0.15, 0.2) is 47.4 Å². The molecule has 178 valence electrons. The van der Waals surface area contributed by atoms with Gasteiger partial charge in [0.2, 0.25) is 5.91 Å². The van der Waals surface area contributed by atoms with Gasteiger partial charge in [-0.25, -0.2) is 0 Å². The van der Waals surface area contributed by atoms with Crippen molar-refractivity contribution in [2.75, 3.05) is 40.4 Å². The van der Waals surface area contributed by atoms with Crippen molar-refractivity contribution < 1.29 is 23.9 Å². The van der Waals surface area contributed by atoms with Gasteiger partial charge in [-0.15, -0.1) is 0 Å². The molecule has 34 heavy (non-hydrogen) atoms. The zero-order valence-electron chi connectivity index (χ0n) is 19.2. The summed E-state index contributed by atoms with van der Waals surface area (Å²) in [4.78, 5) is 41.1. The molecule has 1 saturated heterocycles. The Hall–Kier alpha value is -3.30. The molecule has 2 aromatic rings. The second-order valence-electron chi connectivity index (χ2n) is 8.03. The fraction of sp³-hybridized carbons (Fsp3) is 0.320. The molecule has 0 atom stereocenters. The Balaban J connectivity index is 1.28. The van der Waals surface area contributed by atoms with Crippen molar-refractivity contribution in [3.05, 3.63) is 64.1 Å². The van der Waals surface area contributed by atoms with Gasteiger partial charge in [0.05, 0.1) is 25.7 Å². The summed E-state index contributed by atoms with van der Waals surface area (Å²) in [6, 6.07) is 13.5. The summed E-state index contributed by atoms with van der Waals surface area (Å²) in [5.74, 6) is 0.631. The van der Waals surface area contributed by atoms with Gasteiger partial charge in [-0.2, -0.15) is 0 Å². The number of imide groups is 1. The maximum absolute atomic E-state index is 12.7. The van der Waals surface area contributed by atoms with Crippen LogP contribution in [0.5, 0.6) is 11.5 Å². The molecule has 8 nitrogen and oxygen atoms in total. The van der Waals surface area contributed by atoms with E-state index in [-0.39, 0.29) is 36.7 Å². The van der Waals surface area contributed by atoms with Gasteiger partial charge in [-0.3, -0.25) is 24.2 Å². The van der Waals surface area contributed by atoms with E-state index >= 15 is 0 Å². The molecular formula is C25H27N3O5S. The number of carbonyl (C=O) groups excluding carboxylic acids is 3. The van der Waals surface area contributed by atoms with Crippen LogP contribution in [0, 0.1) is 0 Å². The molecule has 2 aromatic carbocycles. The third-order valence-electron chi connectivity index (χ3n) is 5.81. The van der Waals surface area contributed by atoms with E-state index in [1.807, 2.05) is 12.1 Å². The molecule has 0 aliphatic carbocycles. The molecule has 2 aliphatic heterocycles. The topological polar surface area (TPSA) is 88.2 Å². The molecule has 2 aliphatic rings. The molecular weight excluding hydrogens is 454 g/mol. The van der Waals surface area contributed by atoms with E-state index < -0.39 is 0 Å². The number of fused-ring (bicyclic) bond motifs is 1. The monoisotopic (exact) mass is 481 g/mol. The predicted octanol–water partition coefficient (Wildman–Crippen LogP) is 2.91. The SMILES string of the molecule is COc1ccc(C=C2SC(=O)N(CCNC(=O)CN3CCc4ccccc4C3)C2=O)cc1OC. The second kappa shape index (κ2) is 10.8. The van der Waals surface area contributed by atoms with Gasteiger partial charge in [-0.1, -0.05) is 30.3 Å². The summed E-state index contributed by atoms with van der Waals surface area (Å²) in [7, 11) is 3.08. The van der Waals surface area contributed by atoms with Crippen molar-refractivity contribution in [3.8, 4) is 11.5 Å². The molecule has 1 N–H and O–H groups in total. The van der Waals surface area contributed by atoms with Gasteiger partial charge >= 0.3 is 0 Å². The molecule has 1 fully saturated rings. The average Bonchev–Trinajstić information content (AvgIpc) is 3.11. The number of rotatable bonds is 8. The molecule has 0 spiro atoms. The summed E-state index contributed by atoms with van der Waals surface area (Å²) in [5, 5.41) is 2.48. The normalized spacial score (nSPS) is 17.1. The molecule has 9 heteroatoms. The van der Waals surface area contributed by atoms with Crippen molar-refractivity contribution in [3.63, 3.8) is 0 Å². The Labute approximate surface area is 202 Å². The summed E-state index contributed by atoms with van der Waals surface area (Å²) in [6.07, 6.45) is 2.58. The number of nitrogens with one attached hydrogen (secondary N) is 1. The number of nitrogens with zero attached hydrogens (tertiary/aromatic N) is 2. The van der Waals surface area contributed by atoms with Gasteiger partial charge in [0, 0.05) is 26.2 Å². The van der Waals surface area contributed by atoms with E-state index in [0.717, 1.165) is 41.7 Å². The first-order valence-corrected chi connectivity index (χ1v) is 11.8. The smallest absolute Gasteiger partial charge is 0.293 e. The zero-order chi connectivity index (χ0) is 24.1. The van der Waals surface area contributed by atoms with Gasteiger partial charge in [0.1, 0.15) is 0 Å². The van der Waals surface area contributed by atoms with E-state index in [2.05, 4.69) is 22.3 Å².